The number of carbonyl (C=O) groups is 2. The molecule has 2 atom stereocenters. The SMILES string of the molecule is CCC(C)C(NC(=O)C(C)=Cc1ccc(F)cc1)C(N)=O. The van der Waals surface area contributed by atoms with Gasteiger partial charge >= 0.3 is 0 Å². The van der Waals surface area contributed by atoms with Gasteiger partial charge in [-0.3, -0.25) is 9.59 Å². The number of primary amides is 1. The van der Waals surface area contributed by atoms with Crippen LogP contribution in [0.15, 0.2) is 29.8 Å². The van der Waals surface area contributed by atoms with Gasteiger partial charge in [0.25, 0.3) is 0 Å². The highest BCUT2D eigenvalue weighted by molar-refractivity contribution is 5.99. The number of nitrogens with one attached hydrogen (secondary N) is 1. The van der Waals surface area contributed by atoms with Gasteiger partial charge in [-0.05, 0) is 36.6 Å². The lowest BCUT2D eigenvalue weighted by Gasteiger charge is -2.21. The molecule has 1 aromatic rings. The average Bonchev–Trinajstić information content (AvgIpc) is 2.45. The smallest absolute Gasteiger partial charge is 0.247 e. The van der Waals surface area contributed by atoms with Crippen LogP contribution in [0.3, 0.4) is 0 Å². The first-order chi connectivity index (χ1) is 9.85. The van der Waals surface area contributed by atoms with Crippen LogP contribution in [0.1, 0.15) is 32.8 Å². The largest absolute Gasteiger partial charge is 0.368 e. The number of hydrogen-bond donors (Lipinski definition) is 2. The molecule has 0 heterocycles. The van der Waals surface area contributed by atoms with Crippen LogP contribution in [0.25, 0.3) is 6.08 Å². The van der Waals surface area contributed by atoms with Crippen LogP contribution in [0.4, 0.5) is 4.39 Å². The Kier molecular flexibility index (Phi) is 6.09. The first-order valence-corrected chi connectivity index (χ1v) is 6.89. The van der Waals surface area contributed by atoms with Crippen molar-refractivity contribution >= 4 is 17.9 Å². The quantitative estimate of drug-likeness (QED) is 0.789. The molecule has 0 aliphatic carbocycles. The number of halogens is 1. The van der Waals surface area contributed by atoms with Crippen molar-refractivity contribution in [3.8, 4) is 0 Å². The van der Waals surface area contributed by atoms with E-state index in [1.54, 1.807) is 25.1 Å². The van der Waals surface area contributed by atoms with Gasteiger partial charge in [0.1, 0.15) is 11.9 Å². The third-order valence-electron chi connectivity index (χ3n) is 3.42. The number of benzene rings is 1. The highest BCUT2D eigenvalue weighted by atomic mass is 19.1. The number of amides is 2. The lowest BCUT2D eigenvalue weighted by atomic mass is 9.98. The van der Waals surface area contributed by atoms with Crippen LogP contribution in [0, 0.1) is 11.7 Å². The van der Waals surface area contributed by atoms with Crippen molar-refractivity contribution < 1.29 is 14.0 Å². The first kappa shape index (κ1) is 16.9. The second-order valence-electron chi connectivity index (χ2n) is 5.12. The highest BCUT2D eigenvalue weighted by Gasteiger charge is 2.23. The summed E-state index contributed by atoms with van der Waals surface area (Å²) >= 11 is 0. The molecule has 0 aromatic heterocycles. The Balaban J connectivity index is 2.81. The molecular formula is C16H21FN2O2. The van der Waals surface area contributed by atoms with Crippen LogP contribution in [-0.2, 0) is 9.59 Å². The lowest BCUT2D eigenvalue weighted by Crippen LogP contribution is -2.48. The zero-order valence-electron chi connectivity index (χ0n) is 12.5. The number of carbonyl (C=O) groups excluding carboxylic acids is 2. The summed E-state index contributed by atoms with van der Waals surface area (Å²) in [7, 11) is 0. The lowest BCUT2D eigenvalue weighted by molar-refractivity contribution is -0.126. The maximum atomic E-state index is 12.8. The summed E-state index contributed by atoms with van der Waals surface area (Å²) in [5.74, 6) is -1.28. The minimum absolute atomic E-state index is 0.0370. The fourth-order valence-corrected chi connectivity index (χ4v) is 1.86. The minimum atomic E-state index is -0.695. The van der Waals surface area contributed by atoms with E-state index in [0.29, 0.717) is 11.1 Å². The second-order valence-corrected chi connectivity index (χ2v) is 5.12. The Hall–Kier alpha value is -2.17. The van der Waals surface area contributed by atoms with Gasteiger partial charge in [0.05, 0.1) is 0 Å². The van der Waals surface area contributed by atoms with Crippen LogP contribution >= 0.6 is 0 Å². The van der Waals surface area contributed by atoms with Gasteiger partial charge in [0.15, 0.2) is 0 Å². The monoisotopic (exact) mass is 292 g/mol. The topological polar surface area (TPSA) is 72.2 Å². The fraction of sp³-hybridized carbons (Fsp3) is 0.375. The molecule has 114 valence electrons. The van der Waals surface area contributed by atoms with E-state index >= 15 is 0 Å². The summed E-state index contributed by atoms with van der Waals surface area (Å²) in [6.45, 7) is 5.41. The Morgan fingerprint density at radius 3 is 2.38 bits per heavy atom. The Morgan fingerprint density at radius 1 is 1.33 bits per heavy atom. The number of rotatable bonds is 6. The van der Waals surface area contributed by atoms with Crippen LogP contribution in [0.2, 0.25) is 0 Å². The predicted molar refractivity (Wildman–Crippen MR) is 80.6 cm³/mol. The van der Waals surface area contributed by atoms with Gasteiger partial charge < -0.3 is 11.1 Å². The van der Waals surface area contributed by atoms with Crippen molar-refractivity contribution in [3.63, 3.8) is 0 Å². The van der Waals surface area contributed by atoms with Crippen molar-refractivity contribution in [2.24, 2.45) is 11.7 Å². The Morgan fingerprint density at radius 2 is 1.90 bits per heavy atom. The predicted octanol–water partition coefficient (Wildman–Crippen LogP) is 2.25. The summed E-state index contributed by atoms with van der Waals surface area (Å²) in [4.78, 5) is 23.5. The molecule has 3 N–H and O–H groups in total. The maximum absolute atomic E-state index is 12.8. The molecule has 0 bridgehead atoms. The van der Waals surface area contributed by atoms with Gasteiger partial charge in [0.2, 0.25) is 11.8 Å². The summed E-state index contributed by atoms with van der Waals surface area (Å²) in [5, 5.41) is 2.64. The molecule has 5 heteroatoms. The molecule has 1 aromatic carbocycles. The molecule has 0 aliphatic heterocycles. The molecule has 0 spiro atoms. The molecule has 1 rings (SSSR count). The average molecular weight is 292 g/mol. The van der Waals surface area contributed by atoms with E-state index in [0.717, 1.165) is 6.42 Å². The zero-order valence-corrected chi connectivity index (χ0v) is 12.5. The Labute approximate surface area is 124 Å². The van der Waals surface area contributed by atoms with Crippen molar-refractivity contribution in [3.05, 3.63) is 41.2 Å². The highest BCUT2D eigenvalue weighted by Crippen LogP contribution is 2.11. The van der Waals surface area contributed by atoms with E-state index in [9.17, 15) is 14.0 Å². The maximum Gasteiger partial charge on any atom is 0.247 e. The summed E-state index contributed by atoms with van der Waals surface area (Å²) < 4.78 is 12.8. The zero-order chi connectivity index (χ0) is 16.0. The molecule has 4 nitrogen and oxygen atoms in total. The molecule has 2 unspecified atom stereocenters. The van der Waals surface area contributed by atoms with E-state index in [1.165, 1.54) is 12.1 Å². The fourth-order valence-electron chi connectivity index (χ4n) is 1.86. The van der Waals surface area contributed by atoms with Crippen molar-refractivity contribution in [1.29, 1.82) is 0 Å². The third kappa shape index (κ3) is 5.02. The van der Waals surface area contributed by atoms with Crippen LogP contribution in [-0.4, -0.2) is 17.9 Å². The molecule has 21 heavy (non-hydrogen) atoms. The third-order valence-corrected chi connectivity index (χ3v) is 3.42. The summed E-state index contributed by atoms with van der Waals surface area (Å²) in [5.41, 5.74) is 6.45. The minimum Gasteiger partial charge on any atom is -0.368 e. The molecular weight excluding hydrogens is 271 g/mol. The van der Waals surface area contributed by atoms with Crippen molar-refractivity contribution in [2.45, 2.75) is 33.2 Å². The Bertz CT molecular complexity index is 538. The van der Waals surface area contributed by atoms with Gasteiger partial charge in [-0.15, -0.1) is 0 Å². The van der Waals surface area contributed by atoms with E-state index in [4.69, 9.17) is 5.73 Å². The summed E-state index contributed by atoms with van der Waals surface area (Å²) in [6, 6.07) is 5.10. The van der Waals surface area contributed by atoms with Crippen LogP contribution < -0.4 is 11.1 Å². The molecule has 0 radical (unpaired) electrons. The molecule has 2 amide bonds. The van der Waals surface area contributed by atoms with Gasteiger partial charge in [-0.25, -0.2) is 4.39 Å². The first-order valence-electron chi connectivity index (χ1n) is 6.89. The number of hydrogen-bond acceptors (Lipinski definition) is 2. The molecule has 0 aliphatic rings. The molecule has 0 fully saturated rings. The standard InChI is InChI=1S/C16H21FN2O2/c1-4-10(2)14(15(18)20)19-16(21)11(3)9-12-5-7-13(17)8-6-12/h5-10,14H,4H2,1-3H3,(H2,18,20)(H,19,21). The summed E-state index contributed by atoms with van der Waals surface area (Å²) in [6.07, 6.45) is 2.36. The molecule has 0 saturated carbocycles. The second kappa shape index (κ2) is 7.57. The van der Waals surface area contributed by atoms with Gasteiger partial charge in [-0.1, -0.05) is 32.4 Å². The normalized spacial score (nSPS) is 14.4. The van der Waals surface area contributed by atoms with Crippen molar-refractivity contribution in [2.75, 3.05) is 0 Å². The van der Waals surface area contributed by atoms with Crippen molar-refractivity contribution in [1.82, 2.24) is 5.32 Å². The number of nitrogens with two attached hydrogens (primary N) is 1. The van der Waals surface area contributed by atoms with Crippen LogP contribution in [0.5, 0.6) is 0 Å². The van der Waals surface area contributed by atoms with Gasteiger partial charge in [0, 0.05) is 5.57 Å². The van der Waals surface area contributed by atoms with Gasteiger partial charge in [-0.2, -0.15) is 0 Å². The molecule has 0 saturated heterocycles. The van der Waals surface area contributed by atoms with E-state index in [2.05, 4.69) is 5.32 Å². The van der Waals surface area contributed by atoms with E-state index < -0.39 is 11.9 Å². The van der Waals surface area contributed by atoms with E-state index in [1.807, 2.05) is 13.8 Å². The van der Waals surface area contributed by atoms with E-state index in [-0.39, 0.29) is 17.6 Å².